The Kier molecular flexibility index (Phi) is 6.10. The minimum atomic E-state index is -0.476. The third-order valence-corrected chi connectivity index (χ3v) is 4.10. The number of aromatic nitrogens is 2. The summed E-state index contributed by atoms with van der Waals surface area (Å²) in [6.07, 6.45) is 1.40. The molecule has 0 spiro atoms. The van der Waals surface area contributed by atoms with Crippen molar-refractivity contribution >= 4 is 23.0 Å². The maximum Gasteiger partial charge on any atom is 0.309 e. The SMILES string of the molecule is CCN(CC)c1ccc(NC(=O)CCn2ncc([N+](=O)[O-])c2C)cc1. The number of hydrogen-bond acceptors (Lipinski definition) is 5. The Balaban J connectivity index is 1.91. The van der Waals surface area contributed by atoms with E-state index in [9.17, 15) is 14.9 Å². The Hall–Kier alpha value is -2.90. The molecule has 0 saturated carbocycles. The van der Waals surface area contributed by atoms with Gasteiger partial charge in [-0.25, -0.2) is 0 Å². The van der Waals surface area contributed by atoms with Crippen molar-refractivity contribution in [2.75, 3.05) is 23.3 Å². The highest BCUT2D eigenvalue weighted by molar-refractivity contribution is 5.90. The van der Waals surface area contributed by atoms with E-state index in [2.05, 4.69) is 29.2 Å². The summed E-state index contributed by atoms with van der Waals surface area (Å²) in [7, 11) is 0. The van der Waals surface area contributed by atoms with Crippen molar-refractivity contribution in [1.82, 2.24) is 9.78 Å². The molecule has 1 aromatic heterocycles. The van der Waals surface area contributed by atoms with E-state index in [1.165, 1.54) is 10.9 Å². The van der Waals surface area contributed by atoms with Crippen LogP contribution < -0.4 is 10.2 Å². The van der Waals surface area contributed by atoms with Crippen LogP contribution in [0.3, 0.4) is 0 Å². The summed E-state index contributed by atoms with van der Waals surface area (Å²) in [5.41, 5.74) is 2.25. The molecule has 2 rings (SSSR count). The van der Waals surface area contributed by atoms with Crippen molar-refractivity contribution in [1.29, 1.82) is 0 Å². The van der Waals surface area contributed by atoms with Crippen LogP contribution in [0, 0.1) is 17.0 Å². The van der Waals surface area contributed by atoms with Gasteiger partial charge in [0.25, 0.3) is 0 Å². The van der Waals surface area contributed by atoms with E-state index < -0.39 is 4.92 Å². The van der Waals surface area contributed by atoms with E-state index in [0.29, 0.717) is 12.2 Å². The Morgan fingerprint density at radius 3 is 2.44 bits per heavy atom. The molecule has 0 bridgehead atoms. The van der Waals surface area contributed by atoms with Gasteiger partial charge in [-0.1, -0.05) is 0 Å². The van der Waals surface area contributed by atoms with Gasteiger partial charge in [-0.3, -0.25) is 19.6 Å². The molecule has 1 amide bonds. The molecule has 1 N–H and O–H groups in total. The molecule has 1 heterocycles. The predicted octanol–water partition coefficient (Wildman–Crippen LogP) is 2.97. The molecule has 0 aliphatic heterocycles. The lowest BCUT2D eigenvalue weighted by Crippen LogP contribution is -2.21. The third-order valence-electron chi connectivity index (χ3n) is 4.10. The van der Waals surface area contributed by atoms with Gasteiger partial charge in [0.2, 0.25) is 5.91 Å². The number of carbonyl (C=O) groups is 1. The Bertz CT molecular complexity index is 735. The second-order valence-electron chi connectivity index (χ2n) is 5.61. The molecular weight excluding hydrogens is 322 g/mol. The fraction of sp³-hybridized carbons (Fsp3) is 0.412. The van der Waals surface area contributed by atoms with Crippen LogP contribution in [0.25, 0.3) is 0 Å². The molecule has 2 aromatic rings. The first-order chi connectivity index (χ1) is 12.0. The lowest BCUT2D eigenvalue weighted by atomic mass is 10.2. The molecule has 134 valence electrons. The minimum Gasteiger partial charge on any atom is -0.372 e. The second-order valence-corrected chi connectivity index (χ2v) is 5.61. The number of amides is 1. The van der Waals surface area contributed by atoms with Crippen molar-refractivity contribution in [2.24, 2.45) is 0 Å². The Morgan fingerprint density at radius 2 is 1.92 bits per heavy atom. The number of aryl methyl sites for hydroxylation is 1. The van der Waals surface area contributed by atoms with Crippen LogP contribution in [-0.4, -0.2) is 33.7 Å². The van der Waals surface area contributed by atoms with Crippen LogP contribution >= 0.6 is 0 Å². The fourth-order valence-corrected chi connectivity index (χ4v) is 2.62. The van der Waals surface area contributed by atoms with E-state index in [1.54, 1.807) is 6.92 Å². The van der Waals surface area contributed by atoms with E-state index in [4.69, 9.17) is 0 Å². The molecule has 25 heavy (non-hydrogen) atoms. The van der Waals surface area contributed by atoms with Crippen molar-refractivity contribution < 1.29 is 9.72 Å². The Morgan fingerprint density at radius 1 is 1.28 bits per heavy atom. The van der Waals surface area contributed by atoms with Gasteiger partial charge >= 0.3 is 5.69 Å². The van der Waals surface area contributed by atoms with Gasteiger partial charge in [-0.05, 0) is 45.0 Å². The van der Waals surface area contributed by atoms with Gasteiger partial charge in [-0.2, -0.15) is 5.10 Å². The van der Waals surface area contributed by atoms with Gasteiger partial charge < -0.3 is 10.2 Å². The molecule has 0 saturated heterocycles. The summed E-state index contributed by atoms with van der Waals surface area (Å²) >= 11 is 0. The zero-order valence-corrected chi connectivity index (χ0v) is 14.7. The largest absolute Gasteiger partial charge is 0.372 e. The van der Waals surface area contributed by atoms with Gasteiger partial charge in [0, 0.05) is 30.9 Å². The number of nitrogens with one attached hydrogen (secondary N) is 1. The Labute approximate surface area is 146 Å². The van der Waals surface area contributed by atoms with Crippen molar-refractivity contribution in [2.45, 2.75) is 33.7 Å². The van der Waals surface area contributed by atoms with E-state index in [0.717, 1.165) is 24.5 Å². The first-order valence-corrected chi connectivity index (χ1v) is 8.27. The zero-order chi connectivity index (χ0) is 18.4. The van der Waals surface area contributed by atoms with Gasteiger partial charge in [0.1, 0.15) is 11.9 Å². The number of anilines is 2. The molecule has 0 fully saturated rings. The molecule has 0 radical (unpaired) electrons. The smallest absolute Gasteiger partial charge is 0.309 e. The van der Waals surface area contributed by atoms with Crippen LogP contribution in [0.1, 0.15) is 26.0 Å². The van der Waals surface area contributed by atoms with Gasteiger partial charge in [-0.15, -0.1) is 0 Å². The van der Waals surface area contributed by atoms with E-state index >= 15 is 0 Å². The molecule has 8 heteroatoms. The van der Waals surface area contributed by atoms with Crippen LogP contribution in [0.15, 0.2) is 30.5 Å². The zero-order valence-electron chi connectivity index (χ0n) is 14.7. The van der Waals surface area contributed by atoms with Gasteiger partial charge in [0.15, 0.2) is 0 Å². The molecule has 0 unspecified atom stereocenters. The summed E-state index contributed by atoms with van der Waals surface area (Å²) in [5, 5.41) is 17.6. The topological polar surface area (TPSA) is 93.3 Å². The van der Waals surface area contributed by atoms with Crippen LogP contribution in [-0.2, 0) is 11.3 Å². The fourth-order valence-electron chi connectivity index (χ4n) is 2.62. The number of nitro groups is 1. The summed E-state index contributed by atoms with van der Waals surface area (Å²) in [4.78, 5) is 24.6. The summed E-state index contributed by atoms with van der Waals surface area (Å²) < 4.78 is 1.47. The molecule has 8 nitrogen and oxygen atoms in total. The lowest BCUT2D eigenvalue weighted by Gasteiger charge is -2.21. The number of benzene rings is 1. The van der Waals surface area contributed by atoms with Crippen LogP contribution in [0.5, 0.6) is 0 Å². The standard InChI is InChI=1S/C17H23N5O3/c1-4-20(5-2)15-8-6-14(7-9-15)19-17(23)10-11-21-13(3)16(12-18-21)22(24)25/h6-9,12H,4-5,10-11H2,1-3H3,(H,19,23). The number of nitrogens with zero attached hydrogens (tertiary/aromatic N) is 4. The predicted molar refractivity (Wildman–Crippen MR) is 96.9 cm³/mol. The van der Waals surface area contributed by atoms with Gasteiger partial charge in [0.05, 0.1) is 11.5 Å². The quantitative estimate of drug-likeness (QED) is 0.586. The number of carbonyl (C=O) groups excluding carboxylic acids is 1. The van der Waals surface area contributed by atoms with E-state index in [-0.39, 0.29) is 18.0 Å². The molecule has 0 atom stereocenters. The summed E-state index contributed by atoms with van der Waals surface area (Å²) in [6, 6.07) is 7.69. The highest BCUT2D eigenvalue weighted by Gasteiger charge is 2.16. The number of rotatable bonds is 8. The van der Waals surface area contributed by atoms with Crippen molar-refractivity contribution in [3.05, 3.63) is 46.3 Å². The van der Waals surface area contributed by atoms with E-state index in [1.807, 2.05) is 24.3 Å². The van der Waals surface area contributed by atoms with Crippen LogP contribution in [0.2, 0.25) is 0 Å². The first-order valence-electron chi connectivity index (χ1n) is 8.27. The lowest BCUT2D eigenvalue weighted by molar-refractivity contribution is -0.385. The van der Waals surface area contributed by atoms with Crippen molar-refractivity contribution in [3.8, 4) is 0 Å². The van der Waals surface area contributed by atoms with Crippen molar-refractivity contribution in [3.63, 3.8) is 0 Å². The normalized spacial score (nSPS) is 10.5. The highest BCUT2D eigenvalue weighted by atomic mass is 16.6. The summed E-state index contributed by atoms with van der Waals surface area (Å²) in [6.45, 7) is 7.97. The molecule has 1 aromatic carbocycles. The third kappa shape index (κ3) is 4.56. The molecular formula is C17H23N5O3. The average Bonchev–Trinajstić information content (AvgIpc) is 2.96. The summed E-state index contributed by atoms with van der Waals surface area (Å²) in [5.74, 6) is -0.159. The van der Waals surface area contributed by atoms with Crippen LogP contribution in [0.4, 0.5) is 17.1 Å². The minimum absolute atomic E-state index is 0.0348. The highest BCUT2D eigenvalue weighted by Crippen LogP contribution is 2.18. The number of hydrogen-bond donors (Lipinski definition) is 1. The second kappa shape index (κ2) is 8.27. The first kappa shape index (κ1) is 18.4. The maximum atomic E-state index is 12.1. The molecule has 0 aliphatic rings. The molecule has 0 aliphatic carbocycles. The average molecular weight is 345 g/mol. The monoisotopic (exact) mass is 345 g/mol. The maximum absolute atomic E-state index is 12.1.